The summed E-state index contributed by atoms with van der Waals surface area (Å²) in [5.74, 6) is 0.671. The number of phenols is 1. The van der Waals surface area contributed by atoms with E-state index in [9.17, 15) is 19.5 Å². The monoisotopic (exact) mass is 632 g/mol. The Kier molecular flexibility index (Phi) is 17.6. The number of esters is 1. The lowest BCUT2D eigenvalue weighted by Crippen LogP contribution is -2.17. The molecule has 0 aliphatic carbocycles. The zero-order valence-electron chi connectivity index (χ0n) is 27.2. The molecule has 0 saturated carbocycles. The highest BCUT2D eigenvalue weighted by Gasteiger charge is 2.19. The summed E-state index contributed by atoms with van der Waals surface area (Å²) in [6.07, 6.45) is 2.80. The maximum absolute atomic E-state index is 12.3. The molecule has 0 atom stereocenters. The normalized spacial score (nSPS) is 10.9. The fraction of sp³-hybridized carbons (Fsp3) is 0.559. The Morgan fingerprint density at radius 2 is 1.11 bits per heavy atom. The van der Waals surface area contributed by atoms with E-state index in [4.69, 9.17) is 33.2 Å². The molecule has 0 aromatic heterocycles. The van der Waals surface area contributed by atoms with Crippen molar-refractivity contribution in [3.8, 4) is 23.0 Å². The van der Waals surface area contributed by atoms with Crippen LogP contribution >= 0.6 is 0 Å². The minimum Gasteiger partial charge on any atom is -0.507 e. The summed E-state index contributed by atoms with van der Waals surface area (Å²) < 4.78 is 39.1. The van der Waals surface area contributed by atoms with Crippen LogP contribution in [0.2, 0.25) is 0 Å². The second-order valence-electron chi connectivity index (χ2n) is 10.1. The van der Waals surface area contributed by atoms with Gasteiger partial charge in [0.25, 0.3) is 0 Å². The van der Waals surface area contributed by atoms with Crippen LogP contribution in [-0.4, -0.2) is 88.7 Å². The summed E-state index contributed by atoms with van der Waals surface area (Å²) in [6.45, 7) is 11.3. The maximum atomic E-state index is 12.3. The number of phenolic OH excluding ortho intramolecular Hbond substituents is 1. The van der Waals surface area contributed by atoms with Gasteiger partial charge in [0.15, 0.2) is 18.2 Å². The molecule has 2 rings (SSSR count). The number of carbonyl (C=O) groups is 3. The molecule has 11 nitrogen and oxygen atoms in total. The first-order valence-corrected chi connectivity index (χ1v) is 15.5. The Morgan fingerprint density at radius 3 is 1.64 bits per heavy atom. The zero-order chi connectivity index (χ0) is 33.0. The lowest BCUT2D eigenvalue weighted by Gasteiger charge is -2.18. The average molecular weight is 633 g/mol. The molecule has 0 heterocycles. The number of hydrogen-bond donors (Lipinski definition) is 1. The molecule has 250 valence electrons. The smallest absolute Gasteiger partial charge is 0.344 e. The van der Waals surface area contributed by atoms with Gasteiger partial charge < -0.3 is 38.3 Å². The van der Waals surface area contributed by atoms with Gasteiger partial charge in [0.2, 0.25) is 0 Å². The Morgan fingerprint density at radius 1 is 0.622 bits per heavy atom. The first kappa shape index (κ1) is 37.5. The summed E-state index contributed by atoms with van der Waals surface area (Å²) >= 11 is 0. The van der Waals surface area contributed by atoms with Crippen LogP contribution in [0, 0.1) is 0 Å². The van der Waals surface area contributed by atoms with Crippen LogP contribution in [-0.2, 0) is 36.6 Å². The first-order chi connectivity index (χ1) is 21.7. The van der Waals surface area contributed by atoms with E-state index in [1.54, 1.807) is 31.2 Å². The number of rotatable bonds is 24. The Labute approximate surface area is 266 Å². The van der Waals surface area contributed by atoms with Crippen molar-refractivity contribution in [3.63, 3.8) is 0 Å². The van der Waals surface area contributed by atoms with Gasteiger partial charge in [-0.05, 0) is 57.9 Å². The van der Waals surface area contributed by atoms with Crippen LogP contribution in [0.25, 0.3) is 0 Å². The number of carbonyl (C=O) groups excluding carboxylic acids is 3. The van der Waals surface area contributed by atoms with Gasteiger partial charge in [0.1, 0.15) is 36.2 Å². The summed E-state index contributed by atoms with van der Waals surface area (Å²) in [4.78, 5) is 35.8. The molecule has 1 N–H and O–H groups in total. The van der Waals surface area contributed by atoms with Gasteiger partial charge >= 0.3 is 5.97 Å². The molecular formula is C34H48O11. The van der Waals surface area contributed by atoms with Crippen molar-refractivity contribution < 1.29 is 52.6 Å². The van der Waals surface area contributed by atoms with Crippen molar-refractivity contribution in [1.82, 2.24) is 0 Å². The molecule has 0 radical (unpaired) electrons. The largest absolute Gasteiger partial charge is 0.507 e. The van der Waals surface area contributed by atoms with Gasteiger partial charge in [0, 0.05) is 11.1 Å². The van der Waals surface area contributed by atoms with Crippen molar-refractivity contribution in [1.29, 1.82) is 0 Å². The van der Waals surface area contributed by atoms with Gasteiger partial charge in [-0.2, -0.15) is 0 Å². The molecule has 2 aromatic rings. The number of Topliss-reactive ketones (excluding diaryl/α,β-unsaturated/α-hetero) is 2. The van der Waals surface area contributed by atoms with Crippen molar-refractivity contribution in [3.05, 3.63) is 46.5 Å². The SMILES string of the molecule is CCCc1c(OCCOCCOCCOCCOc2c(C(C)=O)ccc(OCC(=O)OCC)c2CCC)ccc(C(C)=O)c1O. The Balaban J connectivity index is 1.68. The topological polar surface area (TPSA) is 136 Å². The Hall–Kier alpha value is -3.67. The predicted octanol–water partition coefficient (Wildman–Crippen LogP) is 5.15. The molecule has 0 spiro atoms. The third kappa shape index (κ3) is 12.7. The lowest BCUT2D eigenvalue weighted by molar-refractivity contribution is -0.145. The molecule has 0 saturated heterocycles. The summed E-state index contributed by atoms with van der Waals surface area (Å²) in [5.41, 5.74) is 2.10. The lowest BCUT2D eigenvalue weighted by atomic mass is 10.0. The molecule has 0 aliphatic rings. The van der Waals surface area contributed by atoms with Gasteiger partial charge in [-0.25, -0.2) is 4.79 Å². The average Bonchev–Trinajstić information content (AvgIpc) is 3.00. The summed E-state index contributed by atoms with van der Waals surface area (Å²) in [7, 11) is 0. The number of ketones is 2. The second-order valence-corrected chi connectivity index (χ2v) is 10.1. The molecule has 11 heteroatoms. The fourth-order valence-electron chi connectivity index (χ4n) is 4.50. The van der Waals surface area contributed by atoms with Gasteiger partial charge in [-0.1, -0.05) is 26.7 Å². The van der Waals surface area contributed by atoms with Crippen LogP contribution in [0.3, 0.4) is 0 Å². The van der Waals surface area contributed by atoms with Crippen LogP contribution in [0.4, 0.5) is 0 Å². The molecular weight excluding hydrogens is 584 g/mol. The van der Waals surface area contributed by atoms with Crippen molar-refractivity contribution in [2.24, 2.45) is 0 Å². The van der Waals surface area contributed by atoms with Gasteiger partial charge in [-0.15, -0.1) is 0 Å². The highest BCUT2D eigenvalue weighted by molar-refractivity contribution is 5.98. The van der Waals surface area contributed by atoms with Crippen molar-refractivity contribution in [2.45, 2.75) is 60.3 Å². The maximum Gasteiger partial charge on any atom is 0.344 e. The van der Waals surface area contributed by atoms with Gasteiger partial charge in [-0.3, -0.25) is 9.59 Å². The van der Waals surface area contributed by atoms with Crippen LogP contribution < -0.4 is 14.2 Å². The highest BCUT2D eigenvalue weighted by atomic mass is 16.6. The van der Waals surface area contributed by atoms with E-state index in [1.807, 2.05) is 13.8 Å². The highest BCUT2D eigenvalue weighted by Crippen LogP contribution is 2.35. The Bertz CT molecular complexity index is 1230. The number of ether oxygens (including phenoxy) is 7. The van der Waals surface area contributed by atoms with Crippen LogP contribution in [0.1, 0.15) is 79.3 Å². The van der Waals surface area contributed by atoms with E-state index in [2.05, 4.69) is 0 Å². The minimum atomic E-state index is -0.467. The summed E-state index contributed by atoms with van der Waals surface area (Å²) in [5, 5.41) is 10.4. The van der Waals surface area contributed by atoms with Gasteiger partial charge in [0.05, 0.1) is 57.4 Å². The standard InChI is InChI=1S/C34H48O11/c1-6-9-28-30(13-11-26(24(4)35)33(28)38)43-21-19-40-17-15-39-16-18-41-20-22-44-34-27(25(5)36)12-14-31(29(34)10-7-2)45-23-32(37)42-8-3/h11-14,38H,6-10,15-23H2,1-5H3. The predicted molar refractivity (Wildman–Crippen MR) is 168 cm³/mol. The van der Waals surface area contributed by atoms with Crippen LogP contribution in [0.15, 0.2) is 24.3 Å². The first-order valence-electron chi connectivity index (χ1n) is 15.5. The van der Waals surface area contributed by atoms with Crippen molar-refractivity contribution in [2.75, 3.05) is 66.1 Å². The molecule has 0 aliphatic heterocycles. The van der Waals surface area contributed by atoms with E-state index >= 15 is 0 Å². The van der Waals surface area contributed by atoms with Crippen LogP contribution in [0.5, 0.6) is 23.0 Å². The molecule has 45 heavy (non-hydrogen) atoms. The van der Waals surface area contributed by atoms with E-state index in [-0.39, 0.29) is 43.7 Å². The quantitative estimate of drug-likeness (QED) is 0.0935. The fourth-order valence-corrected chi connectivity index (χ4v) is 4.50. The number of benzene rings is 2. The number of aromatic hydroxyl groups is 1. The third-order valence-corrected chi connectivity index (χ3v) is 6.57. The molecule has 2 aromatic carbocycles. The third-order valence-electron chi connectivity index (χ3n) is 6.57. The molecule has 0 unspecified atom stereocenters. The summed E-state index contributed by atoms with van der Waals surface area (Å²) in [6, 6.07) is 6.61. The van der Waals surface area contributed by atoms with E-state index in [0.717, 1.165) is 18.4 Å². The van der Waals surface area contributed by atoms with Crippen molar-refractivity contribution >= 4 is 17.5 Å². The minimum absolute atomic E-state index is 0.0152. The second kappa shape index (κ2) is 21.1. The molecule has 0 amide bonds. The molecule has 0 bridgehead atoms. The number of hydrogen-bond acceptors (Lipinski definition) is 11. The van der Waals surface area contributed by atoms with E-state index < -0.39 is 5.97 Å². The van der Waals surface area contributed by atoms with E-state index in [1.165, 1.54) is 13.8 Å². The zero-order valence-corrected chi connectivity index (χ0v) is 27.2. The molecule has 0 fully saturated rings. The van der Waals surface area contributed by atoms with E-state index in [0.29, 0.717) is 86.4 Å².